The minimum atomic E-state index is -0.230. The van der Waals surface area contributed by atoms with Gasteiger partial charge >= 0.3 is 0 Å². The largest absolute Gasteiger partial charge is 0.491 e. The Morgan fingerprint density at radius 2 is 1.71 bits per heavy atom. The average molecular weight is 382 g/mol. The zero-order valence-corrected chi connectivity index (χ0v) is 16.7. The molecule has 148 valence electrons. The maximum absolute atomic E-state index is 12.3. The number of Topliss-reactive ketones (excluding diaryl/α,β-unsaturated/α-hetero) is 1. The topological polar surface area (TPSA) is 75.7 Å². The van der Waals surface area contributed by atoms with Crippen LogP contribution in [0.4, 0.5) is 11.4 Å². The van der Waals surface area contributed by atoms with Gasteiger partial charge in [-0.25, -0.2) is 0 Å². The van der Waals surface area contributed by atoms with Crippen LogP contribution in [0.5, 0.6) is 5.75 Å². The highest BCUT2D eigenvalue weighted by atomic mass is 16.5. The molecule has 2 amide bonds. The lowest BCUT2D eigenvalue weighted by molar-refractivity contribution is -0.117. The minimum absolute atomic E-state index is 0.0660. The molecule has 2 aromatic rings. The van der Waals surface area contributed by atoms with Crippen molar-refractivity contribution >= 4 is 29.0 Å². The Balaban J connectivity index is 1.99. The molecule has 0 aromatic heterocycles. The first-order valence-corrected chi connectivity index (χ1v) is 9.22. The smallest absolute Gasteiger partial charge is 0.226 e. The van der Waals surface area contributed by atoms with Crippen molar-refractivity contribution in [1.29, 1.82) is 0 Å². The van der Waals surface area contributed by atoms with Crippen LogP contribution in [0.1, 0.15) is 44.5 Å². The number of benzene rings is 2. The molecule has 0 heterocycles. The zero-order valence-electron chi connectivity index (χ0n) is 16.7. The Labute approximate surface area is 165 Å². The first-order valence-electron chi connectivity index (χ1n) is 9.22. The fourth-order valence-corrected chi connectivity index (χ4v) is 2.70. The summed E-state index contributed by atoms with van der Waals surface area (Å²) in [7, 11) is 0. The Bertz CT molecular complexity index is 844. The second-order valence-corrected chi connectivity index (χ2v) is 6.77. The highest BCUT2D eigenvalue weighted by Gasteiger charge is 2.14. The summed E-state index contributed by atoms with van der Waals surface area (Å²) in [6.45, 7) is 7.08. The van der Waals surface area contributed by atoms with Crippen LogP contribution in [-0.2, 0) is 9.59 Å². The quantitative estimate of drug-likeness (QED) is 0.699. The molecule has 28 heavy (non-hydrogen) atoms. The van der Waals surface area contributed by atoms with Gasteiger partial charge in [0.1, 0.15) is 5.75 Å². The zero-order chi connectivity index (χ0) is 20.7. The fraction of sp³-hybridized carbons (Fsp3) is 0.318. The average Bonchev–Trinajstić information content (AvgIpc) is 2.62. The first-order chi connectivity index (χ1) is 13.3. The molecule has 2 rings (SSSR count). The van der Waals surface area contributed by atoms with Crippen LogP contribution in [0.15, 0.2) is 48.5 Å². The predicted molar refractivity (Wildman–Crippen MR) is 110 cm³/mol. The lowest BCUT2D eigenvalue weighted by atomic mass is 10.1. The summed E-state index contributed by atoms with van der Waals surface area (Å²) in [5.41, 5.74) is 1.80. The highest BCUT2D eigenvalue weighted by Crippen LogP contribution is 2.21. The third kappa shape index (κ3) is 6.23. The van der Waals surface area contributed by atoms with E-state index in [0.29, 0.717) is 16.9 Å². The number of carbonyl (C=O) groups is 3. The van der Waals surface area contributed by atoms with Crippen molar-refractivity contribution in [2.75, 3.05) is 16.8 Å². The summed E-state index contributed by atoms with van der Waals surface area (Å²) >= 11 is 0. The van der Waals surface area contributed by atoms with E-state index in [2.05, 4.69) is 5.32 Å². The molecular weight excluding hydrogens is 356 g/mol. The number of carbonyl (C=O) groups excluding carboxylic acids is 3. The molecule has 0 fully saturated rings. The number of amides is 2. The number of ketones is 1. The highest BCUT2D eigenvalue weighted by molar-refractivity contribution is 5.97. The lowest BCUT2D eigenvalue weighted by Crippen LogP contribution is -2.31. The molecule has 0 unspecified atom stereocenters. The van der Waals surface area contributed by atoms with Gasteiger partial charge in [-0.1, -0.05) is 12.1 Å². The van der Waals surface area contributed by atoms with Gasteiger partial charge < -0.3 is 15.0 Å². The molecule has 0 bridgehead atoms. The molecule has 0 saturated carbocycles. The summed E-state index contributed by atoms with van der Waals surface area (Å²) in [4.78, 5) is 37.3. The molecule has 0 saturated heterocycles. The van der Waals surface area contributed by atoms with Crippen molar-refractivity contribution in [2.24, 2.45) is 0 Å². The molecule has 6 nitrogen and oxygen atoms in total. The summed E-state index contributed by atoms with van der Waals surface area (Å²) < 4.78 is 5.61. The summed E-state index contributed by atoms with van der Waals surface area (Å²) in [5.74, 6) is 0.282. The van der Waals surface area contributed by atoms with E-state index in [1.54, 1.807) is 53.4 Å². The number of hydrogen-bond donors (Lipinski definition) is 1. The van der Waals surface area contributed by atoms with Gasteiger partial charge in [0.25, 0.3) is 0 Å². The van der Waals surface area contributed by atoms with Crippen LogP contribution in [0.3, 0.4) is 0 Å². The third-order valence-electron chi connectivity index (χ3n) is 4.02. The number of nitrogens with one attached hydrogen (secondary N) is 1. The number of rotatable bonds is 8. The van der Waals surface area contributed by atoms with Gasteiger partial charge in [-0.2, -0.15) is 0 Å². The lowest BCUT2D eigenvalue weighted by Gasteiger charge is -2.21. The first kappa shape index (κ1) is 21.2. The molecule has 6 heteroatoms. The van der Waals surface area contributed by atoms with E-state index in [1.165, 1.54) is 13.8 Å². The maximum atomic E-state index is 12.3. The van der Waals surface area contributed by atoms with Gasteiger partial charge in [0.15, 0.2) is 5.78 Å². The third-order valence-corrected chi connectivity index (χ3v) is 4.02. The van der Waals surface area contributed by atoms with Gasteiger partial charge in [-0.3, -0.25) is 14.4 Å². The van der Waals surface area contributed by atoms with Crippen molar-refractivity contribution in [1.82, 2.24) is 0 Å². The van der Waals surface area contributed by atoms with Crippen LogP contribution < -0.4 is 15.0 Å². The molecule has 2 aromatic carbocycles. The summed E-state index contributed by atoms with van der Waals surface area (Å²) in [6.07, 6.45) is 0.202. The van der Waals surface area contributed by atoms with E-state index < -0.39 is 0 Å². The second-order valence-electron chi connectivity index (χ2n) is 6.77. The predicted octanol–water partition coefficient (Wildman–Crippen LogP) is 4.06. The van der Waals surface area contributed by atoms with E-state index in [9.17, 15) is 14.4 Å². The Hall–Kier alpha value is -3.15. The van der Waals surface area contributed by atoms with Gasteiger partial charge in [0, 0.05) is 36.8 Å². The monoisotopic (exact) mass is 382 g/mol. The number of ether oxygens (including phenoxy) is 1. The van der Waals surface area contributed by atoms with Gasteiger partial charge in [-0.15, -0.1) is 0 Å². The Morgan fingerprint density at radius 3 is 2.29 bits per heavy atom. The number of anilines is 2. The molecule has 0 atom stereocenters. The van der Waals surface area contributed by atoms with Crippen molar-refractivity contribution in [3.05, 3.63) is 54.1 Å². The van der Waals surface area contributed by atoms with Crippen molar-refractivity contribution in [3.63, 3.8) is 0 Å². The maximum Gasteiger partial charge on any atom is 0.226 e. The molecule has 0 spiro atoms. The standard InChI is InChI=1S/C22H26N2O4/c1-15(2)28-21-10-8-20(9-11-21)24(17(4)26)13-12-22(27)23-19-7-5-6-18(14-19)16(3)25/h5-11,14-15H,12-13H2,1-4H3,(H,23,27). The molecule has 0 aliphatic heterocycles. The van der Waals surface area contributed by atoms with Crippen LogP contribution in [-0.4, -0.2) is 30.2 Å². The molecule has 0 aliphatic rings. The van der Waals surface area contributed by atoms with Crippen LogP contribution >= 0.6 is 0 Å². The number of hydrogen-bond acceptors (Lipinski definition) is 4. The van der Waals surface area contributed by atoms with Crippen molar-refractivity contribution in [3.8, 4) is 5.75 Å². The van der Waals surface area contributed by atoms with Gasteiger partial charge in [-0.05, 0) is 57.2 Å². The number of nitrogens with zero attached hydrogens (tertiary/aromatic N) is 1. The van der Waals surface area contributed by atoms with Gasteiger partial charge in [0.2, 0.25) is 11.8 Å². The van der Waals surface area contributed by atoms with E-state index in [4.69, 9.17) is 4.74 Å². The molecular formula is C22H26N2O4. The fourth-order valence-electron chi connectivity index (χ4n) is 2.70. The summed E-state index contributed by atoms with van der Waals surface area (Å²) in [5, 5.41) is 2.76. The van der Waals surface area contributed by atoms with Crippen LogP contribution in [0.25, 0.3) is 0 Å². The molecule has 0 aliphatic carbocycles. The van der Waals surface area contributed by atoms with Gasteiger partial charge in [0.05, 0.1) is 6.10 Å². The second kappa shape index (κ2) is 9.69. The molecule has 0 radical (unpaired) electrons. The molecule has 1 N–H and O–H groups in total. The SMILES string of the molecule is CC(=O)c1cccc(NC(=O)CCN(C(C)=O)c2ccc(OC(C)C)cc2)c1. The van der Waals surface area contributed by atoms with E-state index in [0.717, 1.165) is 5.75 Å². The van der Waals surface area contributed by atoms with Crippen molar-refractivity contribution in [2.45, 2.75) is 40.2 Å². The minimum Gasteiger partial charge on any atom is -0.491 e. The normalized spacial score (nSPS) is 10.5. The van der Waals surface area contributed by atoms with E-state index in [1.807, 2.05) is 13.8 Å². The Morgan fingerprint density at radius 1 is 1.04 bits per heavy atom. The van der Waals surface area contributed by atoms with E-state index >= 15 is 0 Å². The Kier molecular flexibility index (Phi) is 7.32. The van der Waals surface area contributed by atoms with Crippen molar-refractivity contribution < 1.29 is 19.1 Å². The summed E-state index contributed by atoms with van der Waals surface area (Å²) in [6, 6.07) is 14.0. The van der Waals surface area contributed by atoms with Crippen LogP contribution in [0.2, 0.25) is 0 Å². The van der Waals surface area contributed by atoms with E-state index in [-0.39, 0.29) is 36.7 Å². The van der Waals surface area contributed by atoms with Crippen LogP contribution in [0, 0.1) is 0 Å².